The van der Waals surface area contributed by atoms with Crippen molar-refractivity contribution in [1.29, 1.82) is 0 Å². The minimum atomic E-state index is -0.0528. The van der Waals surface area contributed by atoms with Crippen molar-refractivity contribution in [3.05, 3.63) is 22.8 Å². The summed E-state index contributed by atoms with van der Waals surface area (Å²) in [5, 5.41) is 0. The molecule has 2 heteroatoms. The van der Waals surface area contributed by atoms with Gasteiger partial charge in [0.1, 0.15) is 0 Å². The summed E-state index contributed by atoms with van der Waals surface area (Å²) in [6.45, 7) is 5.06. The zero-order chi connectivity index (χ0) is 17.7. The summed E-state index contributed by atoms with van der Waals surface area (Å²) in [6.07, 6.45) is 16.3. The highest BCUT2D eigenvalue weighted by Gasteiger charge is 2.51. The zero-order valence-corrected chi connectivity index (χ0v) is 16.3. The van der Waals surface area contributed by atoms with Crippen LogP contribution in [0.2, 0.25) is 0 Å². The van der Waals surface area contributed by atoms with Gasteiger partial charge in [-0.05, 0) is 85.2 Å². The Labute approximate surface area is 153 Å². The van der Waals surface area contributed by atoms with E-state index in [1.807, 2.05) is 5.57 Å². The number of hydrogen-bond donors (Lipinski definition) is 0. The van der Waals surface area contributed by atoms with Crippen molar-refractivity contribution in [2.75, 3.05) is 7.11 Å². The predicted molar refractivity (Wildman–Crippen MR) is 101 cm³/mol. The average Bonchev–Trinajstić information content (AvgIpc) is 2.95. The Hall–Kier alpha value is -1.05. The van der Waals surface area contributed by atoms with Crippen LogP contribution in [0, 0.1) is 22.7 Å². The number of esters is 1. The number of rotatable bonds is 3. The number of allylic oxidation sites excluding steroid dienone is 4. The van der Waals surface area contributed by atoms with Crippen LogP contribution < -0.4 is 0 Å². The number of ether oxygens (including phenoxy) is 1. The van der Waals surface area contributed by atoms with E-state index in [1.54, 1.807) is 11.1 Å². The van der Waals surface area contributed by atoms with E-state index in [9.17, 15) is 4.79 Å². The van der Waals surface area contributed by atoms with E-state index in [4.69, 9.17) is 4.74 Å². The third-order valence-corrected chi connectivity index (χ3v) is 8.46. The van der Waals surface area contributed by atoms with Gasteiger partial charge in [-0.3, -0.25) is 4.79 Å². The van der Waals surface area contributed by atoms with Gasteiger partial charge in [0.15, 0.2) is 0 Å². The molecule has 0 aromatic rings. The summed E-state index contributed by atoms with van der Waals surface area (Å²) in [4.78, 5) is 11.6. The fourth-order valence-corrected chi connectivity index (χ4v) is 6.81. The maximum absolute atomic E-state index is 11.6. The molecule has 4 atom stereocenters. The first-order valence-corrected chi connectivity index (χ1v) is 10.5. The molecule has 2 nitrogen and oxygen atoms in total. The van der Waals surface area contributed by atoms with E-state index < -0.39 is 0 Å². The Morgan fingerprint density at radius 2 is 2.00 bits per heavy atom. The summed E-state index contributed by atoms with van der Waals surface area (Å²) >= 11 is 0. The van der Waals surface area contributed by atoms with Crippen molar-refractivity contribution in [2.24, 2.45) is 22.7 Å². The smallest absolute Gasteiger partial charge is 0.305 e. The second-order valence-corrected chi connectivity index (χ2v) is 9.44. The molecule has 0 radical (unpaired) electrons. The largest absolute Gasteiger partial charge is 0.469 e. The molecule has 0 bridgehead atoms. The lowest BCUT2D eigenvalue weighted by Gasteiger charge is -2.52. The second-order valence-electron chi connectivity index (χ2n) is 9.44. The first-order valence-electron chi connectivity index (χ1n) is 10.5. The van der Waals surface area contributed by atoms with Crippen LogP contribution in [-0.2, 0) is 9.53 Å². The normalized spacial score (nSPS) is 40.0. The predicted octanol–water partition coefficient (Wildman–Crippen LogP) is 5.97. The van der Waals surface area contributed by atoms with Crippen LogP contribution in [0.3, 0.4) is 0 Å². The van der Waals surface area contributed by atoms with Gasteiger partial charge in [0, 0.05) is 6.42 Å². The molecule has 0 amide bonds. The molecule has 4 aliphatic carbocycles. The Morgan fingerprint density at radius 3 is 2.80 bits per heavy atom. The lowest BCUT2D eigenvalue weighted by Crippen LogP contribution is -2.41. The third-order valence-electron chi connectivity index (χ3n) is 8.46. The van der Waals surface area contributed by atoms with Gasteiger partial charge in [-0.25, -0.2) is 0 Å². The van der Waals surface area contributed by atoms with Crippen LogP contribution in [0.1, 0.15) is 84.5 Å². The number of methoxy groups -OCH3 is 1. The first kappa shape index (κ1) is 17.4. The number of hydrogen-bond acceptors (Lipinski definition) is 2. The van der Waals surface area contributed by atoms with Gasteiger partial charge < -0.3 is 4.74 Å². The number of fused-ring (bicyclic) bond motifs is 4. The Balaban J connectivity index is 1.60. The van der Waals surface area contributed by atoms with Gasteiger partial charge >= 0.3 is 5.97 Å². The molecular weight excluding hydrogens is 308 g/mol. The van der Waals surface area contributed by atoms with E-state index in [2.05, 4.69) is 19.9 Å². The van der Waals surface area contributed by atoms with Gasteiger partial charge in [0.05, 0.1) is 7.11 Å². The van der Waals surface area contributed by atoms with Crippen LogP contribution in [0.5, 0.6) is 0 Å². The van der Waals surface area contributed by atoms with Crippen molar-refractivity contribution in [2.45, 2.75) is 84.5 Å². The highest BCUT2D eigenvalue weighted by molar-refractivity contribution is 5.69. The van der Waals surface area contributed by atoms with Gasteiger partial charge in [-0.2, -0.15) is 0 Å². The molecule has 0 saturated heterocycles. The fourth-order valence-electron chi connectivity index (χ4n) is 6.81. The summed E-state index contributed by atoms with van der Waals surface area (Å²) in [6, 6.07) is 0. The van der Waals surface area contributed by atoms with E-state index in [0.29, 0.717) is 23.2 Å². The molecule has 1 saturated carbocycles. The van der Waals surface area contributed by atoms with E-state index in [1.165, 1.54) is 58.5 Å². The second kappa shape index (κ2) is 6.28. The van der Waals surface area contributed by atoms with Crippen LogP contribution in [0.4, 0.5) is 0 Å². The Bertz CT molecular complexity index is 628. The van der Waals surface area contributed by atoms with Crippen LogP contribution in [0.25, 0.3) is 0 Å². The van der Waals surface area contributed by atoms with Crippen LogP contribution >= 0.6 is 0 Å². The maximum Gasteiger partial charge on any atom is 0.305 e. The molecule has 1 fully saturated rings. The molecule has 0 N–H and O–H groups in total. The van der Waals surface area contributed by atoms with Crippen molar-refractivity contribution < 1.29 is 9.53 Å². The van der Waals surface area contributed by atoms with Crippen molar-refractivity contribution >= 4 is 5.97 Å². The highest BCUT2D eigenvalue weighted by atomic mass is 16.5. The van der Waals surface area contributed by atoms with Crippen molar-refractivity contribution in [1.82, 2.24) is 0 Å². The first-order chi connectivity index (χ1) is 12.0. The molecule has 4 rings (SSSR count). The van der Waals surface area contributed by atoms with Crippen LogP contribution in [-0.4, -0.2) is 13.1 Å². The lowest BCUT2D eigenvalue weighted by molar-refractivity contribution is -0.141. The fraction of sp³-hybridized carbons (Fsp3) is 0.783. The quantitative estimate of drug-likeness (QED) is 0.590. The molecule has 0 aromatic heterocycles. The molecule has 0 spiro atoms. The summed E-state index contributed by atoms with van der Waals surface area (Å²) in [7, 11) is 1.50. The number of carbonyl (C=O) groups excluding carboxylic acids is 1. The lowest BCUT2D eigenvalue weighted by atomic mass is 9.52. The van der Waals surface area contributed by atoms with Crippen molar-refractivity contribution in [3.63, 3.8) is 0 Å². The average molecular weight is 343 g/mol. The van der Waals surface area contributed by atoms with Gasteiger partial charge in [0.2, 0.25) is 0 Å². The van der Waals surface area contributed by atoms with E-state index in [-0.39, 0.29) is 5.97 Å². The highest BCUT2D eigenvalue weighted by Crippen LogP contribution is 2.63. The topological polar surface area (TPSA) is 26.3 Å². The molecule has 0 heterocycles. The molecule has 0 aromatic carbocycles. The summed E-state index contributed by atoms with van der Waals surface area (Å²) in [5.74, 6) is 1.50. The van der Waals surface area contributed by atoms with Gasteiger partial charge in [-0.15, -0.1) is 0 Å². The van der Waals surface area contributed by atoms with Gasteiger partial charge in [0.25, 0.3) is 0 Å². The minimum absolute atomic E-state index is 0.0528. The summed E-state index contributed by atoms with van der Waals surface area (Å²) in [5.41, 5.74) is 6.03. The van der Waals surface area contributed by atoms with E-state index in [0.717, 1.165) is 18.8 Å². The van der Waals surface area contributed by atoms with Crippen LogP contribution in [0.15, 0.2) is 22.8 Å². The summed E-state index contributed by atoms with van der Waals surface area (Å²) < 4.78 is 4.87. The Morgan fingerprint density at radius 1 is 1.16 bits per heavy atom. The standard InChI is InChI=1S/C23H34O2/c1-22-14-5-4-6-16(22)7-10-18-19-11-8-17(9-12-21(24)25-3)23(19,2)15-13-20(18)22/h11,16-17H,4-10,12-15H2,1-3H3/t16?,17-,22+,23-/m1/s1. The zero-order valence-electron chi connectivity index (χ0n) is 16.3. The van der Waals surface area contributed by atoms with Gasteiger partial charge in [-0.1, -0.05) is 38.3 Å². The molecule has 4 aliphatic rings. The molecule has 25 heavy (non-hydrogen) atoms. The minimum Gasteiger partial charge on any atom is -0.469 e. The molecule has 0 aliphatic heterocycles. The van der Waals surface area contributed by atoms with Crippen molar-refractivity contribution in [3.8, 4) is 0 Å². The molecular formula is C23H34O2. The monoisotopic (exact) mass is 342 g/mol. The SMILES string of the molecule is COC(=O)CC[C@H]1CC=C2C3=C(CC[C@@]21C)[C@@]1(C)CCCCC1CC3. The Kier molecular flexibility index (Phi) is 4.37. The molecule has 1 unspecified atom stereocenters. The van der Waals surface area contributed by atoms with E-state index >= 15 is 0 Å². The maximum atomic E-state index is 11.6. The third kappa shape index (κ3) is 2.62. The molecule has 138 valence electrons. The number of carbonyl (C=O) groups is 1.